The molecule has 1 aromatic heterocycles. The van der Waals surface area contributed by atoms with Gasteiger partial charge in [0.2, 0.25) is 5.88 Å². The Hall–Kier alpha value is -2.70. The molecule has 0 saturated heterocycles. The van der Waals surface area contributed by atoms with Crippen molar-refractivity contribution in [3.63, 3.8) is 0 Å². The van der Waals surface area contributed by atoms with E-state index >= 15 is 0 Å². The molecule has 1 N–H and O–H groups in total. The van der Waals surface area contributed by atoms with Gasteiger partial charge in [-0.15, -0.1) is 0 Å². The summed E-state index contributed by atoms with van der Waals surface area (Å²) in [7, 11) is 0. The zero-order valence-electron chi connectivity index (χ0n) is 19.7. The largest absolute Gasteiger partial charge is 0.435 e. The molecule has 2 aromatic carbocycles. The summed E-state index contributed by atoms with van der Waals surface area (Å²) >= 11 is 0. The number of hydrogen-bond donors (Lipinski definition) is 1. The fraction of sp³-hybridized carbons (Fsp3) is 0.444. The van der Waals surface area contributed by atoms with Gasteiger partial charge < -0.3 is 9.84 Å². The van der Waals surface area contributed by atoms with E-state index < -0.39 is 5.82 Å². The Morgan fingerprint density at radius 3 is 2.45 bits per heavy atom. The molecular weight excluding hydrogens is 417 g/mol. The minimum absolute atomic E-state index is 0.159. The van der Waals surface area contributed by atoms with E-state index in [-0.39, 0.29) is 17.8 Å². The van der Waals surface area contributed by atoms with Crippen LogP contribution in [0.25, 0.3) is 5.69 Å². The number of ether oxygens (including phenoxy) is 1. The monoisotopic (exact) mass is 451 g/mol. The summed E-state index contributed by atoms with van der Waals surface area (Å²) in [6.07, 6.45) is 2.79. The summed E-state index contributed by atoms with van der Waals surface area (Å²) in [5, 5.41) is 15.3. The second kappa shape index (κ2) is 10.5. The average molecular weight is 452 g/mol. The minimum Gasteiger partial charge on any atom is -0.435 e. The first-order valence-corrected chi connectivity index (χ1v) is 12.0. The van der Waals surface area contributed by atoms with Gasteiger partial charge in [0, 0.05) is 19.6 Å². The van der Waals surface area contributed by atoms with Crippen molar-refractivity contribution in [2.45, 2.75) is 58.6 Å². The van der Waals surface area contributed by atoms with Crippen LogP contribution in [-0.4, -0.2) is 39.0 Å². The van der Waals surface area contributed by atoms with E-state index in [1.54, 1.807) is 22.9 Å². The van der Waals surface area contributed by atoms with Crippen LogP contribution < -0.4 is 4.74 Å². The Kier molecular flexibility index (Phi) is 7.46. The molecule has 0 unspecified atom stereocenters. The molecule has 3 aromatic rings. The number of aliphatic hydroxyl groups excluding tert-OH is 1. The van der Waals surface area contributed by atoms with Crippen molar-refractivity contribution in [2.75, 3.05) is 13.1 Å². The molecule has 1 saturated carbocycles. The molecule has 0 radical (unpaired) electrons. The fourth-order valence-electron chi connectivity index (χ4n) is 4.06. The standard InChI is InChI=1S/C27H34FN3O2/c1-4-22(32)17-30(16-20-14-15-20)18-23-26(19(2)3)29-31(21-10-6-5-7-11-21)27(23)33-25-13-9-8-12-24(25)28/h5-13,19-20,22,32H,4,14-18H2,1-3H3/t22-/m1/s1. The summed E-state index contributed by atoms with van der Waals surface area (Å²) in [4.78, 5) is 2.30. The Morgan fingerprint density at radius 2 is 1.82 bits per heavy atom. The smallest absolute Gasteiger partial charge is 0.227 e. The van der Waals surface area contributed by atoms with Crippen LogP contribution in [0.1, 0.15) is 57.2 Å². The molecule has 1 heterocycles. The highest BCUT2D eigenvalue weighted by atomic mass is 19.1. The molecule has 0 spiro atoms. The van der Waals surface area contributed by atoms with Gasteiger partial charge in [0.15, 0.2) is 11.6 Å². The number of halogens is 1. The molecular formula is C27H34FN3O2. The predicted molar refractivity (Wildman–Crippen MR) is 128 cm³/mol. The number of nitrogens with zero attached hydrogens (tertiary/aromatic N) is 3. The van der Waals surface area contributed by atoms with Gasteiger partial charge in [0.05, 0.1) is 23.0 Å². The molecule has 1 aliphatic carbocycles. The second-order valence-corrected chi connectivity index (χ2v) is 9.30. The molecule has 1 fully saturated rings. The highest BCUT2D eigenvalue weighted by molar-refractivity contribution is 5.44. The summed E-state index contributed by atoms with van der Waals surface area (Å²) < 4.78 is 22.6. The normalized spacial score (nSPS) is 14.8. The van der Waals surface area contributed by atoms with Gasteiger partial charge in [0.1, 0.15) is 0 Å². The highest BCUT2D eigenvalue weighted by Gasteiger charge is 2.29. The topological polar surface area (TPSA) is 50.5 Å². The lowest BCUT2D eigenvalue weighted by atomic mass is 10.0. The van der Waals surface area contributed by atoms with E-state index in [0.717, 1.165) is 23.5 Å². The van der Waals surface area contributed by atoms with Crippen molar-refractivity contribution in [2.24, 2.45) is 5.92 Å². The van der Waals surface area contributed by atoms with Gasteiger partial charge in [-0.25, -0.2) is 9.07 Å². The number of para-hydroxylation sites is 2. The zero-order valence-corrected chi connectivity index (χ0v) is 19.7. The van der Waals surface area contributed by atoms with Crippen LogP contribution in [0.15, 0.2) is 54.6 Å². The van der Waals surface area contributed by atoms with Crippen molar-refractivity contribution in [3.8, 4) is 17.3 Å². The Bertz CT molecular complexity index is 1050. The van der Waals surface area contributed by atoms with Crippen molar-refractivity contribution < 1.29 is 14.2 Å². The first-order valence-electron chi connectivity index (χ1n) is 12.0. The van der Waals surface area contributed by atoms with Gasteiger partial charge in [-0.2, -0.15) is 5.10 Å². The third kappa shape index (κ3) is 5.81. The fourth-order valence-corrected chi connectivity index (χ4v) is 4.06. The molecule has 0 amide bonds. The first kappa shape index (κ1) is 23.5. The summed E-state index contributed by atoms with van der Waals surface area (Å²) in [6, 6.07) is 16.3. The van der Waals surface area contributed by atoms with Crippen molar-refractivity contribution in [3.05, 3.63) is 71.7 Å². The Labute approximate surface area is 195 Å². The minimum atomic E-state index is -0.411. The molecule has 0 aliphatic heterocycles. The average Bonchev–Trinajstić information content (AvgIpc) is 3.56. The van der Waals surface area contributed by atoms with Gasteiger partial charge in [-0.05, 0) is 55.4 Å². The number of benzene rings is 2. The Morgan fingerprint density at radius 1 is 1.12 bits per heavy atom. The van der Waals surface area contributed by atoms with Gasteiger partial charge in [-0.3, -0.25) is 4.90 Å². The summed E-state index contributed by atoms with van der Waals surface area (Å²) in [6.45, 7) is 8.35. The van der Waals surface area contributed by atoms with E-state index in [0.29, 0.717) is 31.3 Å². The van der Waals surface area contributed by atoms with Crippen LogP contribution in [-0.2, 0) is 6.54 Å². The second-order valence-electron chi connectivity index (χ2n) is 9.30. The van der Waals surface area contributed by atoms with Crippen molar-refractivity contribution >= 4 is 0 Å². The van der Waals surface area contributed by atoms with Crippen LogP contribution >= 0.6 is 0 Å². The van der Waals surface area contributed by atoms with Crippen LogP contribution in [0.3, 0.4) is 0 Å². The van der Waals surface area contributed by atoms with E-state index in [4.69, 9.17) is 9.84 Å². The first-order chi connectivity index (χ1) is 16.0. The van der Waals surface area contributed by atoms with Crippen LogP contribution in [0, 0.1) is 11.7 Å². The number of aromatic nitrogens is 2. The predicted octanol–water partition coefficient (Wildman–Crippen LogP) is 5.91. The molecule has 4 rings (SSSR count). The lowest BCUT2D eigenvalue weighted by Crippen LogP contribution is -2.33. The van der Waals surface area contributed by atoms with E-state index in [1.165, 1.54) is 18.9 Å². The van der Waals surface area contributed by atoms with Gasteiger partial charge in [0.25, 0.3) is 0 Å². The van der Waals surface area contributed by atoms with E-state index in [1.807, 2.05) is 37.3 Å². The Balaban J connectivity index is 1.79. The maximum atomic E-state index is 14.6. The number of aliphatic hydroxyl groups is 1. The summed E-state index contributed by atoms with van der Waals surface area (Å²) in [5.41, 5.74) is 2.73. The molecule has 176 valence electrons. The molecule has 33 heavy (non-hydrogen) atoms. The van der Waals surface area contributed by atoms with Crippen LogP contribution in [0.5, 0.6) is 11.6 Å². The lowest BCUT2D eigenvalue weighted by molar-refractivity contribution is 0.102. The number of hydrogen-bond acceptors (Lipinski definition) is 4. The van der Waals surface area contributed by atoms with Crippen molar-refractivity contribution in [1.82, 2.24) is 14.7 Å². The lowest BCUT2D eigenvalue weighted by Gasteiger charge is -2.25. The zero-order chi connectivity index (χ0) is 23.4. The third-order valence-electron chi connectivity index (χ3n) is 6.09. The van der Waals surface area contributed by atoms with Crippen LogP contribution in [0.4, 0.5) is 4.39 Å². The molecule has 1 aliphatic rings. The SMILES string of the molecule is CC[C@@H](O)CN(Cc1c(C(C)C)nn(-c2ccccc2)c1Oc1ccccc1F)CC1CC1. The van der Waals surface area contributed by atoms with E-state index in [9.17, 15) is 9.50 Å². The van der Waals surface area contributed by atoms with Gasteiger partial charge in [-0.1, -0.05) is 51.1 Å². The molecule has 5 nitrogen and oxygen atoms in total. The van der Waals surface area contributed by atoms with Crippen LogP contribution in [0.2, 0.25) is 0 Å². The van der Waals surface area contributed by atoms with E-state index in [2.05, 4.69) is 18.7 Å². The molecule has 6 heteroatoms. The summed E-state index contributed by atoms with van der Waals surface area (Å²) in [5.74, 6) is 1.13. The number of rotatable bonds is 11. The maximum absolute atomic E-state index is 14.6. The molecule has 0 bridgehead atoms. The molecule has 1 atom stereocenters. The quantitative estimate of drug-likeness (QED) is 0.394. The van der Waals surface area contributed by atoms with Gasteiger partial charge >= 0.3 is 0 Å². The third-order valence-corrected chi connectivity index (χ3v) is 6.09. The maximum Gasteiger partial charge on any atom is 0.227 e. The van der Waals surface area contributed by atoms with Crippen molar-refractivity contribution in [1.29, 1.82) is 0 Å². The highest BCUT2D eigenvalue weighted by Crippen LogP contribution is 2.37.